The first-order valence-corrected chi connectivity index (χ1v) is 5.18. The van der Waals surface area contributed by atoms with Crippen molar-refractivity contribution in [2.75, 3.05) is 0 Å². The number of nitrogens with zero attached hydrogens (tertiary/aromatic N) is 3. The summed E-state index contributed by atoms with van der Waals surface area (Å²) >= 11 is 0. The summed E-state index contributed by atoms with van der Waals surface area (Å²) in [4.78, 5) is 18.3. The average molecular weight is 246 g/mol. The van der Waals surface area contributed by atoms with Crippen LogP contribution in [-0.4, -0.2) is 20.3 Å². The normalized spacial score (nSPS) is 10.9. The van der Waals surface area contributed by atoms with Crippen LogP contribution in [0, 0.1) is 5.82 Å². The highest BCUT2D eigenvalue weighted by Gasteiger charge is 2.09. The molecular formula is C11H7FN4O2. The van der Waals surface area contributed by atoms with Gasteiger partial charge in [0.2, 0.25) is 11.3 Å². The number of fused-ring (bicyclic) bond motifs is 1. The van der Waals surface area contributed by atoms with Gasteiger partial charge in [0.05, 0.1) is 0 Å². The van der Waals surface area contributed by atoms with Crippen LogP contribution in [-0.2, 0) is 6.42 Å². The van der Waals surface area contributed by atoms with E-state index in [9.17, 15) is 9.18 Å². The van der Waals surface area contributed by atoms with Crippen LogP contribution >= 0.6 is 0 Å². The summed E-state index contributed by atoms with van der Waals surface area (Å²) in [7, 11) is 0. The summed E-state index contributed by atoms with van der Waals surface area (Å²) in [5.41, 5.74) is 1.16. The van der Waals surface area contributed by atoms with E-state index in [1.807, 2.05) is 0 Å². The van der Waals surface area contributed by atoms with E-state index in [2.05, 4.69) is 24.9 Å². The van der Waals surface area contributed by atoms with Gasteiger partial charge in [-0.05, 0) is 28.0 Å². The minimum atomic E-state index is -0.359. The molecule has 0 bridgehead atoms. The van der Waals surface area contributed by atoms with Crippen molar-refractivity contribution in [1.82, 2.24) is 20.3 Å². The lowest BCUT2D eigenvalue weighted by Crippen LogP contribution is -2.15. The van der Waals surface area contributed by atoms with E-state index in [4.69, 9.17) is 0 Å². The Balaban J connectivity index is 2.01. The topological polar surface area (TPSA) is 84.7 Å². The maximum Gasteiger partial charge on any atom is 0.271 e. The number of rotatable bonds is 2. The number of hydrogen-bond donors (Lipinski definition) is 1. The fourth-order valence-electron chi connectivity index (χ4n) is 1.61. The highest BCUT2D eigenvalue weighted by atomic mass is 19.1. The lowest BCUT2D eigenvalue weighted by molar-refractivity contribution is 0.314. The molecule has 0 atom stereocenters. The molecule has 90 valence electrons. The fourth-order valence-corrected chi connectivity index (χ4v) is 1.61. The molecule has 0 aliphatic rings. The molecule has 0 aliphatic carbocycles. The van der Waals surface area contributed by atoms with Crippen LogP contribution in [0.15, 0.2) is 33.7 Å². The van der Waals surface area contributed by atoms with Gasteiger partial charge in [0.25, 0.3) is 5.56 Å². The Labute approximate surface area is 99.4 Å². The van der Waals surface area contributed by atoms with Crippen LogP contribution in [0.1, 0.15) is 11.3 Å². The molecule has 2 aromatic heterocycles. The van der Waals surface area contributed by atoms with E-state index in [1.54, 1.807) is 12.1 Å². The van der Waals surface area contributed by atoms with Crippen molar-refractivity contribution in [3.63, 3.8) is 0 Å². The van der Waals surface area contributed by atoms with Gasteiger partial charge >= 0.3 is 0 Å². The second-order valence-electron chi connectivity index (χ2n) is 3.75. The Morgan fingerprint density at radius 3 is 2.78 bits per heavy atom. The Kier molecular flexibility index (Phi) is 2.36. The average Bonchev–Trinajstić information content (AvgIpc) is 2.79. The van der Waals surface area contributed by atoms with Gasteiger partial charge in [-0.1, -0.05) is 12.1 Å². The van der Waals surface area contributed by atoms with Gasteiger partial charge in [-0.15, -0.1) is 0 Å². The fraction of sp³-hybridized carbons (Fsp3) is 0.0909. The number of benzene rings is 1. The van der Waals surface area contributed by atoms with Crippen molar-refractivity contribution in [2.24, 2.45) is 0 Å². The van der Waals surface area contributed by atoms with E-state index >= 15 is 0 Å². The van der Waals surface area contributed by atoms with E-state index in [0.717, 1.165) is 5.56 Å². The van der Waals surface area contributed by atoms with E-state index in [0.29, 0.717) is 6.42 Å². The van der Waals surface area contributed by atoms with E-state index in [-0.39, 0.29) is 28.4 Å². The number of aromatic amines is 1. The number of halogens is 1. The predicted molar refractivity (Wildman–Crippen MR) is 59.4 cm³/mol. The molecule has 0 radical (unpaired) electrons. The van der Waals surface area contributed by atoms with Crippen LogP contribution in [0.25, 0.3) is 11.3 Å². The van der Waals surface area contributed by atoms with Gasteiger partial charge in [-0.3, -0.25) is 9.78 Å². The van der Waals surface area contributed by atoms with Crippen molar-refractivity contribution in [3.05, 3.63) is 51.7 Å². The third-order valence-electron chi connectivity index (χ3n) is 2.49. The van der Waals surface area contributed by atoms with Crippen LogP contribution in [0.4, 0.5) is 4.39 Å². The predicted octanol–water partition coefficient (Wildman–Crippen LogP) is 1.04. The second kappa shape index (κ2) is 4.02. The molecule has 0 spiro atoms. The quantitative estimate of drug-likeness (QED) is 0.730. The van der Waals surface area contributed by atoms with Gasteiger partial charge in [-0.2, -0.15) is 0 Å². The Morgan fingerprint density at radius 1 is 1.22 bits per heavy atom. The van der Waals surface area contributed by atoms with Crippen LogP contribution in [0.3, 0.4) is 0 Å². The first-order chi connectivity index (χ1) is 8.72. The lowest BCUT2D eigenvalue weighted by Gasteiger charge is -1.99. The zero-order chi connectivity index (χ0) is 12.5. The molecule has 0 aliphatic heterocycles. The zero-order valence-corrected chi connectivity index (χ0v) is 9.05. The highest BCUT2D eigenvalue weighted by Crippen LogP contribution is 2.07. The molecule has 3 aromatic rings. The molecule has 2 heterocycles. The van der Waals surface area contributed by atoms with Gasteiger partial charge in [0.1, 0.15) is 11.5 Å². The van der Waals surface area contributed by atoms with Crippen LogP contribution in [0.5, 0.6) is 0 Å². The van der Waals surface area contributed by atoms with E-state index in [1.165, 1.54) is 12.1 Å². The molecule has 0 saturated heterocycles. The number of H-pyrrole nitrogens is 1. The third kappa shape index (κ3) is 1.86. The molecule has 0 amide bonds. The Bertz CT molecular complexity index is 748. The molecule has 0 unspecified atom stereocenters. The van der Waals surface area contributed by atoms with Gasteiger partial charge in [0.15, 0.2) is 0 Å². The monoisotopic (exact) mass is 246 g/mol. The van der Waals surface area contributed by atoms with Crippen LogP contribution < -0.4 is 5.56 Å². The minimum Gasteiger partial charge on any atom is -0.299 e. The maximum absolute atomic E-state index is 12.8. The maximum atomic E-state index is 12.8. The highest BCUT2D eigenvalue weighted by molar-refractivity contribution is 5.62. The first-order valence-electron chi connectivity index (χ1n) is 5.18. The van der Waals surface area contributed by atoms with Crippen molar-refractivity contribution in [1.29, 1.82) is 0 Å². The van der Waals surface area contributed by atoms with Gasteiger partial charge in [-0.25, -0.2) is 14.0 Å². The summed E-state index contributed by atoms with van der Waals surface area (Å²) in [6.07, 6.45) is 0.290. The molecule has 18 heavy (non-hydrogen) atoms. The molecule has 3 rings (SSSR count). The van der Waals surface area contributed by atoms with E-state index < -0.39 is 0 Å². The number of aromatic nitrogens is 4. The molecule has 7 heteroatoms. The Morgan fingerprint density at radius 2 is 2.00 bits per heavy atom. The summed E-state index contributed by atoms with van der Waals surface area (Å²) in [6.45, 7) is 0. The minimum absolute atomic E-state index is 0.211. The summed E-state index contributed by atoms with van der Waals surface area (Å²) < 4.78 is 17.2. The first kappa shape index (κ1) is 10.6. The lowest BCUT2D eigenvalue weighted by atomic mass is 10.1. The van der Waals surface area contributed by atoms with Crippen molar-refractivity contribution in [3.8, 4) is 0 Å². The molecule has 0 saturated carbocycles. The number of hydrogen-bond acceptors (Lipinski definition) is 5. The summed E-state index contributed by atoms with van der Waals surface area (Å²) in [5.74, 6) is -0.322. The number of nitrogens with one attached hydrogen (secondary N) is 1. The summed E-state index contributed by atoms with van der Waals surface area (Å²) in [6, 6.07) is 5.86. The standard InChI is InChI=1S/C11H7FN4O2/c12-7-3-1-6(2-4-7)5-8-11(17)14-10-9(13-8)15-18-16-10/h1-4H,5H2,(H,14,16,17). The van der Waals surface area contributed by atoms with Crippen LogP contribution in [0.2, 0.25) is 0 Å². The SMILES string of the molecule is O=c1[nH]c2nonc2nc1Cc1ccc(F)cc1. The van der Waals surface area contributed by atoms with Crippen molar-refractivity contribution >= 4 is 11.3 Å². The van der Waals surface area contributed by atoms with Gasteiger partial charge in [0, 0.05) is 6.42 Å². The second-order valence-corrected chi connectivity index (χ2v) is 3.75. The van der Waals surface area contributed by atoms with Crippen molar-refractivity contribution in [2.45, 2.75) is 6.42 Å². The van der Waals surface area contributed by atoms with Crippen molar-refractivity contribution < 1.29 is 9.02 Å². The van der Waals surface area contributed by atoms with Gasteiger partial charge < -0.3 is 0 Å². The molecule has 1 N–H and O–H groups in total. The molecular weight excluding hydrogens is 239 g/mol. The molecule has 0 fully saturated rings. The molecule has 1 aromatic carbocycles. The molecule has 6 nitrogen and oxygen atoms in total. The Hall–Kier alpha value is -2.57. The summed E-state index contributed by atoms with van der Waals surface area (Å²) in [5, 5.41) is 7.03. The largest absolute Gasteiger partial charge is 0.299 e. The third-order valence-corrected chi connectivity index (χ3v) is 2.49. The zero-order valence-electron chi connectivity index (χ0n) is 9.05. The smallest absolute Gasteiger partial charge is 0.271 e.